The van der Waals surface area contributed by atoms with Gasteiger partial charge in [0, 0.05) is 43.4 Å². The minimum atomic E-state index is -0.317. The molecular formula is C53H55N4OPt-. The van der Waals surface area contributed by atoms with Gasteiger partial charge in [-0.1, -0.05) is 155 Å². The third kappa shape index (κ3) is 8.71. The maximum Gasteiger partial charge on any atom is 0.184 e. The number of para-hydroxylation sites is 2. The van der Waals surface area contributed by atoms with Gasteiger partial charge in [0.05, 0.1) is 29.1 Å². The van der Waals surface area contributed by atoms with Crippen LogP contribution in [0, 0.1) is 12.6 Å². The van der Waals surface area contributed by atoms with Crippen molar-refractivity contribution in [2.75, 3.05) is 0 Å². The molecule has 0 aliphatic carbocycles. The Bertz CT molecular complexity index is 2730. The van der Waals surface area contributed by atoms with Crippen LogP contribution in [0.1, 0.15) is 105 Å². The Hall–Kier alpha value is -5.30. The minimum Gasteiger partial charge on any atom is -0.507 e. The van der Waals surface area contributed by atoms with Gasteiger partial charge in [0.2, 0.25) is 0 Å². The molecule has 59 heavy (non-hydrogen) atoms. The van der Waals surface area contributed by atoms with Crippen molar-refractivity contribution in [3.63, 3.8) is 0 Å². The number of aromatic nitrogens is 3. The number of benzene rings is 5. The molecule has 7 rings (SSSR count). The number of rotatable bonds is 5. The minimum absolute atomic E-state index is 0. The zero-order valence-corrected chi connectivity index (χ0v) is 38.7. The molecule has 0 atom stereocenters. The van der Waals surface area contributed by atoms with Crippen molar-refractivity contribution >= 4 is 16.7 Å². The van der Waals surface area contributed by atoms with Crippen LogP contribution < -0.4 is 0 Å². The third-order valence-electron chi connectivity index (χ3n) is 11.0. The normalized spacial score (nSPS) is 12.3. The van der Waals surface area contributed by atoms with Crippen LogP contribution in [0.25, 0.3) is 66.6 Å². The van der Waals surface area contributed by atoms with E-state index in [1.54, 1.807) is 6.07 Å². The van der Waals surface area contributed by atoms with Crippen LogP contribution in [0.5, 0.6) is 5.75 Å². The van der Waals surface area contributed by atoms with Gasteiger partial charge in [-0.2, -0.15) is 0 Å². The van der Waals surface area contributed by atoms with E-state index >= 15 is 0 Å². The first-order valence-corrected chi connectivity index (χ1v) is 20.2. The fourth-order valence-corrected chi connectivity index (χ4v) is 7.45. The molecule has 7 aromatic rings. The average molecular weight is 959 g/mol. The number of hydrogen-bond donors (Lipinski definition) is 1. The molecule has 0 spiro atoms. The smallest absolute Gasteiger partial charge is 0.184 e. The largest absolute Gasteiger partial charge is 0.507 e. The summed E-state index contributed by atoms with van der Waals surface area (Å²) in [6.07, 6.45) is 0. The number of aromatic hydroxyl groups is 1. The van der Waals surface area contributed by atoms with E-state index in [-0.39, 0.29) is 48.5 Å². The molecule has 0 bridgehead atoms. The van der Waals surface area contributed by atoms with Crippen LogP contribution in [-0.2, 0) is 42.7 Å². The van der Waals surface area contributed by atoms with Crippen LogP contribution in [0.15, 0.2) is 109 Å². The molecule has 0 radical (unpaired) electrons. The summed E-state index contributed by atoms with van der Waals surface area (Å²) >= 11 is 0. The molecule has 2 aromatic heterocycles. The fraction of sp³-hybridized carbons (Fsp3) is 0.302. The van der Waals surface area contributed by atoms with E-state index < -0.39 is 0 Å². The molecule has 0 amide bonds. The summed E-state index contributed by atoms with van der Waals surface area (Å²) in [5.74, 6) is 0.954. The molecule has 0 saturated heterocycles. The molecule has 0 aliphatic rings. The fourth-order valence-electron chi connectivity index (χ4n) is 7.45. The number of imidazole rings is 1. The number of phenolic OH excluding ortho intramolecular Hbond substituents is 1. The van der Waals surface area contributed by atoms with E-state index in [1.807, 2.05) is 18.2 Å². The molecule has 6 heteroatoms. The molecule has 304 valence electrons. The van der Waals surface area contributed by atoms with E-state index in [4.69, 9.17) is 16.5 Å². The SMILES string of the molecule is [C-]#[N+]c1cc(-c2[c-]c(-c3nc4ccccc4n3-c3ccc(C(C)(C)C)cc3-c3ccccc3)cc(C(C)(C)C)c2)nc(-c2cc(C(C)(C)C)cc(C(C)(C)C)c2O)c1.[Pt]. The summed E-state index contributed by atoms with van der Waals surface area (Å²) in [6.45, 7) is 34.4. The van der Waals surface area contributed by atoms with Crippen molar-refractivity contribution in [3.05, 3.63) is 149 Å². The maximum atomic E-state index is 11.9. The predicted octanol–water partition coefficient (Wildman–Crippen LogP) is 14.3. The Balaban J connectivity index is 0.00000585. The summed E-state index contributed by atoms with van der Waals surface area (Å²) in [5.41, 5.74) is 12.4. The standard InChI is InChI=1S/C53H55N4O.Pt/c1-50(2,3)36-23-24-46(40(28-36)33-19-15-14-16-20-33)57-47-22-18-17-21-43(47)56-49(57)35-25-34(26-37(27-35)51(4,5)6)44-31-39(54-13)32-45(55-44)41-29-38(52(7,8)9)30-42(48(41)58)53(10,11)12;/h14-24,26-32,58H,1-12H3;/q-1;. The number of phenols is 1. The Labute approximate surface area is 365 Å². The zero-order valence-electron chi connectivity index (χ0n) is 36.4. The summed E-state index contributed by atoms with van der Waals surface area (Å²) < 4.78 is 2.27. The second-order valence-corrected chi connectivity index (χ2v) is 19.7. The molecule has 1 N–H and O–H groups in total. The van der Waals surface area contributed by atoms with Gasteiger partial charge in [0.25, 0.3) is 0 Å². The summed E-state index contributed by atoms with van der Waals surface area (Å²) in [5, 5.41) is 11.9. The number of pyridine rings is 1. The predicted molar refractivity (Wildman–Crippen MR) is 242 cm³/mol. The monoisotopic (exact) mass is 958 g/mol. The van der Waals surface area contributed by atoms with E-state index in [1.165, 1.54) is 5.56 Å². The molecule has 2 heterocycles. The number of nitrogens with zero attached hydrogens (tertiary/aromatic N) is 4. The zero-order chi connectivity index (χ0) is 41.9. The number of hydrogen-bond acceptors (Lipinski definition) is 3. The summed E-state index contributed by atoms with van der Waals surface area (Å²) in [4.78, 5) is 14.5. The van der Waals surface area contributed by atoms with Crippen molar-refractivity contribution in [1.29, 1.82) is 0 Å². The van der Waals surface area contributed by atoms with Crippen LogP contribution in [0.4, 0.5) is 5.69 Å². The first-order valence-electron chi connectivity index (χ1n) is 20.2. The Morgan fingerprint density at radius 3 is 1.78 bits per heavy atom. The summed E-state index contributed by atoms with van der Waals surface area (Å²) in [7, 11) is 0. The maximum absolute atomic E-state index is 11.9. The molecule has 0 saturated carbocycles. The quantitative estimate of drug-likeness (QED) is 0.175. The Kier molecular flexibility index (Phi) is 11.5. The summed E-state index contributed by atoms with van der Waals surface area (Å²) in [6, 6.07) is 41.5. The molecule has 0 unspecified atom stereocenters. The van der Waals surface area contributed by atoms with Gasteiger partial charge in [-0.25, -0.2) is 4.85 Å². The van der Waals surface area contributed by atoms with Gasteiger partial charge in [-0.15, -0.1) is 23.8 Å². The van der Waals surface area contributed by atoms with Crippen molar-refractivity contribution < 1.29 is 26.2 Å². The van der Waals surface area contributed by atoms with Gasteiger partial charge < -0.3 is 9.67 Å². The third-order valence-corrected chi connectivity index (χ3v) is 11.0. The van der Waals surface area contributed by atoms with Gasteiger partial charge >= 0.3 is 0 Å². The molecule has 0 aliphatic heterocycles. The van der Waals surface area contributed by atoms with Crippen molar-refractivity contribution in [2.45, 2.75) is 105 Å². The van der Waals surface area contributed by atoms with E-state index in [2.05, 4.69) is 183 Å². The first kappa shape index (κ1) is 43.3. The second-order valence-electron chi connectivity index (χ2n) is 19.7. The topological polar surface area (TPSA) is 55.3 Å². The van der Waals surface area contributed by atoms with Gasteiger partial charge in [0.1, 0.15) is 5.75 Å². The number of fused-ring (bicyclic) bond motifs is 1. The second kappa shape index (κ2) is 15.7. The molecular weight excluding hydrogens is 904 g/mol. The van der Waals surface area contributed by atoms with Crippen molar-refractivity contribution in [3.8, 4) is 56.5 Å². The van der Waals surface area contributed by atoms with Crippen LogP contribution >= 0.6 is 0 Å². The van der Waals surface area contributed by atoms with E-state index in [0.717, 1.165) is 61.5 Å². The Morgan fingerprint density at radius 2 is 1.15 bits per heavy atom. The van der Waals surface area contributed by atoms with Crippen LogP contribution in [0.3, 0.4) is 0 Å². The first-order chi connectivity index (χ1) is 27.1. The molecule has 5 aromatic carbocycles. The van der Waals surface area contributed by atoms with Crippen molar-refractivity contribution in [1.82, 2.24) is 14.5 Å². The molecule has 0 fully saturated rings. The Morgan fingerprint density at radius 1 is 0.576 bits per heavy atom. The van der Waals surface area contributed by atoms with E-state index in [9.17, 15) is 5.11 Å². The van der Waals surface area contributed by atoms with Crippen molar-refractivity contribution in [2.24, 2.45) is 0 Å². The van der Waals surface area contributed by atoms with Crippen LogP contribution in [0.2, 0.25) is 0 Å². The van der Waals surface area contributed by atoms with Gasteiger partial charge in [0.15, 0.2) is 5.69 Å². The van der Waals surface area contributed by atoms with Gasteiger partial charge in [-0.05, 0) is 80.4 Å². The van der Waals surface area contributed by atoms with Gasteiger partial charge in [-0.3, -0.25) is 9.97 Å². The van der Waals surface area contributed by atoms with E-state index in [0.29, 0.717) is 22.6 Å². The van der Waals surface area contributed by atoms with Crippen LogP contribution in [-0.4, -0.2) is 19.6 Å². The average Bonchev–Trinajstić information content (AvgIpc) is 3.55. The molecule has 5 nitrogen and oxygen atoms in total.